The highest BCUT2D eigenvalue weighted by atomic mass is 32.2. The molecule has 3 rings (SSSR count). The highest BCUT2D eigenvalue weighted by molar-refractivity contribution is 7.92. The van der Waals surface area contributed by atoms with Gasteiger partial charge in [-0.2, -0.15) is 0 Å². The van der Waals surface area contributed by atoms with Crippen LogP contribution in [0, 0.1) is 5.82 Å². The van der Waals surface area contributed by atoms with Gasteiger partial charge >= 0.3 is 0 Å². The minimum Gasteiger partial charge on any atom is -0.495 e. The quantitative estimate of drug-likeness (QED) is 0.479. The van der Waals surface area contributed by atoms with E-state index < -0.39 is 10.0 Å². The fourth-order valence-corrected chi connectivity index (χ4v) is 4.20. The van der Waals surface area contributed by atoms with Crippen molar-refractivity contribution in [3.63, 3.8) is 0 Å². The number of hydrogen-bond donors (Lipinski definition) is 1. The van der Waals surface area contributed by atoms with Crippen molar-refractivity contribution in [2.75, 3.05) is 18.9 Å². The van der Waals surface area contributed by atoms with Crippen LogP contribution in [0.25, 0.3) is 6.08 Å². The summed E-state index contributed by atoms with van der Waals surface area (Å²) in [6.45, 7) is 1.85. The average Bonchev–Trinajstić information content (AvgIpc) is 2.82. The molecule has 0 spiro atoms. The molecule has 0 bridgehead atoms. The van der Waals surface area contributed by atoms with Crippen molar-refractivity contribution in [3.05, 3.63) is 95.8 Å². The van der Waals surface area contributed by atoms with Gasteiger partial charge in [-0.05, 0) is 60.5 Å². The van der Waals surface area contributed by atoms with Gasteiger partial charge in [0.25, 0.3) is 10.0 Å². The summed E-state index contributed by atoms with van der Waals surface area (Å²) in [5.41, 5.74) is 1.83. The number of halogens is 1. The maximum atomic E-state index is 13.1. The third-order valence-corrected chi connectivity index (χ3v) is 6.62. The Labute approximate surface area is 193 Å². The summed E-state index contributed by atoms with van der Waals surface area (Å²) in [5, 5.41) is 0. The number of carbonyl (C=O) groups excluding carboxylic acids is 1. The Morgan fingerprint density at radius 1 is 1.03 bits per heavy atom. The number of amides is 1. The molecule has 1 amide bonds. The summed E-state index contributed by atoms with van der Waals surface area (Å²) in [6.07, 6.45) is 3.02. The molecule has 3 aromatic rings. The van der Waals surface area contributed by atoms with Crippen LogP contribution in [-0.2, 0) is 14.8 Å². The Morgan fingerprint density at radius 3 is 2.30 bits per heavy atom. The van der Waals surface area contributed by atoms with Gasteiger partial charge in [0.2, 0.25) is 5.91 Å². The Balaban J connectivity index is 1.68. The Kier molecular flexibility index (Phi) is 7.50. The van der Waals surface area contributed by atoms with Gasteiger partial charge in [0, 0.05) is 13.1 Å². The number of sulfonamides is 1. The van der Waals surface area contributed by atoms with Crippen LogP contribution in [-0.4, -0.2) is 33.4 Å². The topological polar surface area (TPSA) is 75.7 Å². The Bertz CT molecular complexity index is 1240. The number of anilines is 1. The van der Waals surface area contributed by atoms with Crippen LogP contribution in [0.3, 0.4) is 0 Å². The first kappa shape index (κ1) is 24.0. The number of rotatable bonds is 8. The summed E-state index contributed by atoms with van der Waals surface area (Å²) >= 11 is 0. The lowest BCUT2D eigenvalue weighted by Gasteiger charge is -2.24. The predicted molar refractivity (Wildman–Crippen MR) is 127 cm³/mol. The second-order valence-electron chi connectivity index (χ2n) is 7.38. The third kappa shape index (κ3) is 5.98. The van der Waals surface area contributed by atoms with Crippen molar-refractivity contribution in [2.24, 2.45) is 0 Å². The van der Waals surface area contributed by atoms with Crippen molar-refractivity contribution in [3.8, 4) is 5.75 Å². The normalized spacial score (nSPS) is 12.4. The molecule has 0 aliphatic rings. The minimum absolute atomic E-state index is 0.0823. The molecule has 1 atom stereocenters. The van der Waals surface area contributed by atoms with Crippen LogP contribution in [0.1, 0.15) is 24.1 Å². The van der Waals surface area contributed by atoms with Gasteiger partial charge in [-0.25, -0.2) is 12.8 Å². The largest absolute Gasteiger partial charge is 0.495 e. The van der Waals surface area contributed by atoms with Crippen molar-refractivity contribution in [2.45, 2.75) is 17.9 Å². The van der Waals surface area contributed by atoms with Crippen LogP contribution in [0.4, 0.5) is 10.1 Å². The highest BCUT2D eigenvalue weighted by Crippen LogP contribution is 2.26. The van der Waals surface area contributed by atoms with Crippen LogP contribution < -0.4 is 9.46 Å². The van der Waals surface area contributed by atoms with E-state index in [1.54, 1.807) is 66.6 Å². The second-order valence-corrected chi connectivity index (χ2v) is 9.07. The molecule has 172 valence electrons. The van der Waals surface area contributed by atoms with Crippen molar-refractivity contribution < 1.29 is 22.3 Å². The van der Waals surface area contributed by atoms with Gasteiger partial charge in [-0.15, -0.1) is 0 Å². The molecule has 0 aromatic heterocycles. The zero-order valence-corrected chi connectivity index (χ0v) is 19.3. The Morgan fingerprint density at radius 2 is 1.67 bits per heavy atom. The number of nitrogens with zero attached hydrogens (tertiary/aromatic N) is 1. The molecule has 0 heterocycles. The first-order valence-corrected chi connectivity index (χ1v) is 11.7. The fraction of sp³-hybridized carbons (Fsp3) is 0.160. The van der Waals surface area contributed by atoms with E-state index in [-0.39, 0.29) is 22.7 Å². The fourth-order valence-electron chi connectivity index (χ4n) is 3.13. The van der Waals surface area contributed by atoms with E-state index >= 15 is 0 Å². The zero-order chi connectivity index (χ0) is 24.0. The minimum atomic E-state index is -3.81. The maximum absolute atomic E-state index is 13.1. The monoisotopic (exact) mass is 468 g/mol. The van der Waals surface area contributed by atoms with Gasteiger partial charge in [0.05, 0.1) is 23.7 Å². The van der Waals surface area contributed by atoms with E-state index in [0.29, 0.717) is 17.0 Å². The van der Waals surface area contributed by atoms with E-state index in [1.165, 1.54) is 37.5 Å². The van der Waals surface area contributed by atoms with E-state index in [0.717, 1.165) is 5.56 Å². The molecule has 3 aromatic carbocycles. The van der Waals surface area contributed by atoms with Crippen LogP contribution in [0.15, 0.2) is 83.8 Å². The van der Waals surface area contributed by atoms with Crippen molar-refractivity contribution in [1.82, 2.24) is 4.90 Å². The first-order chi connectivity index (χ1) is 15.7. The molecular weight excluding hydrogens is 443 g/mol. The van der Waals surface area contributed by atoms with E-state index in [2.05, 4.69) is 4.72 Å². The number of nitrogens with one attached hydrogen (secondary N) is 1. The van der Waals surface area contributed by atoms with Gasteiger partial charge in [-0.3, -0.25) is 9.52 Å². The lowest BCUT2D eigenvalue weighted by Crippen LogP contribution is -2.27. The smallest absolute Gasteiger partial charge is 0.262 e. The molecule has 0 aliphatic heterocycles. The molecule has 1 N–H and O–H groups in total. The highest BCUT2D eigenvalue weighted by Gasteiger charge is 2.17. The molecule has 0 fully saturated rings. The zero-order valence-electron chi connectivity index (χ0n) is 18.5. The summed E-state index contributed by atoms with van der Waals surface area (Å²) in [5.74, 6) is -0.150. The van der Waals surface area contributed by atoms with Gasteiger partial charge in [0.15, 0.2) is 0 Å². The molecule has 0 saturated carbocycles. The molecule has 0 radical (unpaired) electrons. The summed E-state index contributed by atoms with van der Waals surface area (Å²) < 4.78 is 46.2. The lowest BCUT2D eigenvalue weighted by atomic mass is 10.1. The number of methoxy groups -OCH3 is 1. The van der Waals surface area contributed by atoms with Gasteiger partial charge in [-0.1, -0.05) is 36.4 Å². The Hall–Kier alpha value is -3.65. The lowest BCUT2D eigenvalue weighted by molar-refractivity contribution is -0.126. The predicted octanol–water partition coefficient (Wildman–Crippen LogP) is 4.87. The van der Waals surface area contributed by atoms with Gasteiger partial charge < -0.3 is 9.64 Å². The molecule has 8 heteroatoms. The van der Waals surface area contributed by atoms with Crippen LogP contribution in [0.5, 0.6) is 5.75 Å². The number of likely N-dealkylation sites (N-methyl/N-ethyl adjacent to an activating group) is 1. The summed E-state index contributed by atoms with van der Waals surface area (Å²) in [6, 6.07) is 18.7. The molecule has 6 nitrogen and oxygen atoms in total. The number of ether oxygens (including phenoxy) is 1. The number of benzene rings is 3. The number of hydrogen-bond acceptors (Lipinski definition) is 4. The van der Waals surface area contributed by atoms with E-state index in [4.69, 9.17) is 4.74 Å². The second kappa shape index (κ2) is 10.3. The van der Waals surface area contributed by atoms with Crippen LogP contribution >= 0.6 is 0 Å². The SMILES string of the molecule is COc1ccccc1NS(=O)(=O)c1ccc(/C=C/C(=O)N(C)C(C)c2ccc(F)cc2)cc1. The number of para-hydroxylation sites is 2. The molecule has 1 unspecified atom stereocenters. The number of carbonyl (C=O) groups is 1. The van der Waals surface area contributed by atoms with E-state index in [1.807, 2.05) is 6.92 Å². The van der Waals surface area contributed by atoms with Gasteiger partial charge in [0.1, 0.15) is 11.6 Å². The standard InChI is InChI=1S/C25H25FN2O4S/c1-18(20-11-13-21(26)14-12-20)28(2)25(29)17-10-19-8-15-22(16-9-19)33(30,31)27-23-6-4-5-7-24(23)32-3/h4-18,27H,1-3H3/b17-10+. The van der Waals surface area contributed by atoms with Crippen molar-refractivity contribution >= 4 is 27.7 Å². The van der Waals surface area contributed by atoms with Crippen molar-refractivity contribution in [1.29, 1.82) is 0 Å². The van der Waals surface area contributed by atoms with E-state index in [9.17, 15) is 17.6 Å². The first-order valence-electron chi connectivity index (χ1n) is 10.2. The maximum Gasteiger partial charge on any atom is 0.262 e. The average molecular weight is 469 g/mol. The van der Waals surface area contributed by atoms with Crippen LogP contribution in [0.2, 0.25) is 0 Å². The molecule has 33 heavy (non-hydrogen) atoms. The molecule has 0 aliphatic carbocycles. The molecular formula is C25H25FN2O4S. The summed E-state index contributed by atoms with van der Waals surface area (Å²) in [7, 11) is -0.676. The third-order valence-electron chi connectivity index (χ3n) is 5.24. The molecule has 0 saturated heterocycles. The summed E-state index contributed by atoms with van der Waals surface area (Å²) in [4.78, 5) is 14.2.